The van der Waals surface area contributed by atoms with E-state index in [0.29, 0.717) is 42.6 Å². The molecule has 8 nitrogen and oxygen atoms in total. The standard InChI is InChI=1S/C14H26F3N5O3S/c1-18-13(19-7-4-12(23)21(2)3)20-10-11-5-8-22(9-6-11)26(24,25)14(15,16)17/h11H,4-10H2,1-3H3,(H2,18,19,20). The van der Waals surface area contributed by atoms with Crippen LogP contribution in [0.4, 0.5) is 13.2 Å². The van der Waals surface area contributed by atoms with Crippen LogP contribution < -0.4 is 10.6 Å². The summed E-state index contributed by atoms with van der Waals surface area (Å²) in [6, 6.07) is 0. The minimum absolute atomic E-state index is 0.0220. The van der Waals surface area contributed by atoms with Crippen molar-refractivity contribution >= 4 is 21.9 Å². The van der Waals surface area contributed by atoms with Crippen molar-refractivity contribution in [3.8, 4) is 0 Å². The van der Waals surface area contributed by atoms with E-state index in [1.54, 1.807) is 21.1 Å². The fraction of sp³-hybridized carbons (Fsp3) is 0.857. The van der Waals surface area contributed by atoms with E-state index in [1.807, 2.05) is 0 Å². The number of piperidine rings is 1. The van der Waals surface area contributed by atoms with Crippen LogP contribution in [0.15, 0.2) is 4.99 Å². The smallest absolute Gasteiger partial charge is 0.356 e. The third-order valence-corrected chi connectivity index (χ3v) is 5.75. The number of nitrogens with one attached hydrogen (secondary N) is 2. The maximum atomic E-state index is 12.5. The van der Waals surface area contributed by atoms with E-state index < -0.39 is 15.5 Å². The Balaban J connectivity index is 2.38. The van der Waals surface area contributed by atoms with Gasteiger partial charge in [0, 0.05) is 53.7 Å². The number of alkyl halides is 3. The first-order chi connectivity index (χ1) is 12.0. The SMILES string of the molecule is CN=C(NCCC(=O)N(C)C)NCC1CCN(S(=O)(=O)C(F)(F)F)CC1. The van der Waals surface area contributed by atoms with E-state index in [2.05, 4.69) is 15.6 Å². The van der Waals surface area contributed by atoms with Gasteiger partial charge in [0.2, 0.25) is 5.91 Å². The van der Waals surface area contributed by atoms with Gasteiger partial charge in [-0.2, -0.15) is 17.5 Å². The second-order valence-corrected chi connectivity index (χ2v) is 8.14. The summed E-state index contributed by atoms with van der Waals surface area (Å²) < 4.78 is 60.9. The summed E-state index contributed by atoms with van der Waals surface area (Å²) in [5.41, 5.74) is -5.26. The molecular weight excluding hydrogens is 375 g/mol. The number of halogens is 3. The molecule has 1 rings (SSSR count). The molecule has 1 aliphatic heterocycles. The van der Waals surface area contributed by atoms with Gasteiger partial charge in [-0.15, -0.1) is 0 Å². The van der Waals surface area contributed by atoms with E-state index in [9.17, 15) is 26.4 Å². The molecule has 0 radical (unpaired) electrons. The minimum Gasteiger partial charge on any atom is -0.356 e. The first-order valence-electron chi connectivity index (χ1n) is 8.20. The van der Waals surface area contributed by atoms with Gasteiger partial charge in [0.25, 0.3) is 0 Å². The van der Waals surface area contributed by atoms with Crippen LogP contribution in [0.25, 0.3) is 0 Å². The van der Waals surface area contributed by atoms with Gasteiger partial charge in [-0.25, -0.2) is 8.42 Å². The first kappa shape index (κ1) is 22.5. The number of hydrogen-bond donors (Lipinski definition) is 2. The maximum absolute atomic E-state index is 12.5. The van der Waals surface area contributed by atoms with Gasteiger partial charge >= 0.3 is 15.5 Å². The lowest BCUT2D eigenvalue weighted by molar-refractivity contribution is -0.128. The number of sulfonamides is 1. The molecule has 2 N–H and O–H groups in total. The van der Waals surface area contributed by atoms with Crippen LogP contribution >= 0.6 is 0 Å². The molecule has 0 aromatic rings. The van der Waals surface area contributed by atoms with E-state index in [0.717, 1.165) is 0 Å². The second kappa shape index (κ2) is 9.40. The Morgan fingerprint density at radius 1 is 1.23 bits per heavy atom. The van der Waals surface area contributed by atoms with Gasteiger partial charge < -0.3 is 15.5 Å². The minimum atomic E-state index is -5.26. The Labute approximate surface area is 151 Å². The quantitative estimate of drug-likeness (QED) is 0.490. The maximum Gasteiger partial charge on any atom is 0.511 e. The van der Waals surface area contributed by atoms with E-state index >= 15 is 0 Å². The fourth-order valence-electron chi connectivity index (χ4n) is 2.47. The molecular formula is C14H26F3N5O3S. The van der Waals surface area contributed by atoms with E-state index in [1.165, 1.54) is 4.90 Å². The fourth-order valence-corrected chi connectivity index (χ4v) is 3.46. The van der Waals surface area contributed by atoms with Crippen molar-refractivity contribution in [2.75, 3.05) is 47.3 Å². The molecule has 152 valence electrons. The molecule has 0 bridgehead atoms. The van der Waals surface area contributed by atoms with Crippen molar-refractivity contribution < 1.29 is 26.4 Å². The number of carbonyl (C=O) groups is 1. The van der Waals surface area contributed by atoms with Gasteiger partial charge in [-0.3, -0.25) is 9.79 Å². The van der Waals surface area contributed by atoms with Gasteiger partial charge in [-0.05, 0) is 18.8 Å². The molecule has 0 aromatic heterocycles. The highest BCUT2D eigenvalue weighted by Gasteiger charge is 2.50. The molecule has 12 heteroatoms. The summed E-state index contributed by atoms with van der Waals surface area (Å²) in [6.07, 6.45) is 0.970. The zero-order chi connectivity index (χ0) is 20.0. The number of amides is 1. The van der Waals surface area contributed by atoms with Crippen molar-refractivity contribution in [2.45, 2.75) is 24.8 Å². The van der Waals surface area contributed by atoms with Crippen LogP contribution in [0.1, 0.15) is 19.3 Å². The van der Waals surface area contributed by atoms with Gasteiger partial charge in [-0.1, -0.05) is 0 Å². The van der Waals surface area contributed by atoms with E-state index in [-0.39, 0.29) is 24.9 Å². The number of carbonyl (C=O) groups excluding carboxylic acids is 1. The monoisotopic (exact) mass is 401 g/mol. The zero-order valence-corrected chi connectivity index (χ0v) is 16.0. The van der Waals surface area contributed by atoms with Crippen LogP contribution in [-0.2, 0) is 14.8 Å². The van der Waals surface area contributed by atoms with Crippen molar-refractivity contribution in [1.29, 1.82) is 0 Å². The third-order valence-electron chi connectivity index (χ3n) is 4.12. The predicted octanol–water partition coefficient (Wildman–Crippen LogP) is 0.191. The van der Waals surface area contributed by atoms with Crippen molar-refractivity contribution in [2.24, 2.45) is 10.9 Å². The van der Waals surface area contributed by atoms with E-state index in [4.69, 9.17) is 0 Å². The molecule has 1 fully saturated rings. The number of guanidine groups is 1. The summed E-state index contributed by atoms with van der Waals surface area (Å²) in [4.78, 5) is 17.0. The molecule has 26 heavy (non-hydrogen) atoms. The summed E-state index contributed by atoms with van der Waals surface area (Å²) in [7, 11) is -0.339. The molecule has 0 aromatic carbocycles. The van der Waals surface area contributed by atoms with Crippen molar-refractivity contribution in [1.82, 2.24) is 19.8 Å². The molecule has 0 spiro atoms. The molecule has 1 amide bonds. The van der Waals surface area contributed by atoms with Crippen molar-refractivity contribution in [3.63, 3.8) is 0 Å². The Bertz CT molecular complexity index is 599. The highest BCUT2D eigenvalue weighted by Crippen LogP contribution is 2.30. The summed E-state index contributed by atoms with van der Waals surface area (Å²) in [5.74, 6) is 0.504. The van der Waals surface area contributed by atoms with Crippen molar-refractivity contribution in [3.05, 3.63) is 0 Å². The summed E-state index contributed by atoms with van der Waals surface area (Å²) >= 11 is 0. The number of nitrogens with zero attached hydrogens (tertiary/aromatic N) is 3. The summed E-state index contributed by atoms with van der Waals surface area (Å²) in [5, 5.41) is 6.03. The average molecular weight is 401 g/mol. The molecule has 0 unspecified atom stereocenters. The third kappa shape index (κ3) is 6.31. The topological polar surface area (TPSA) is 94.1 Å². The Morgan fingerprint density at radius 2 is 1.81 bits per heavy atom. The number of aliphatic imine (C=N–C) groups is 1. The van der Waals surface area contributed by atoms with Crippen LogP contribution in [0.3, 0.4) is 0 Å². The Morgan fingerprint density at radius 3 is 2.27 bits per heavy atom. The predicted molar refractivity (Wildman–Crippen MR) is 91.9 cm³/mol. The molecule has 0 atom stereocenters. The highest BCUT2D eigenvalue weighted by molar-refractivity contribution is 7.90. The first-order valence-corrected chi connectivity index (χ1v) is 9.64. The van der Waals surface area contributed by atoms with Gasteiger partial charge in [0.05, 0.1) is 0 Å². The molecule has 0 aliphatic carbocycles. The molecule has 0 saturated carbocycles. The number of rotatable bonds is 6. The van der Waals surface area contributed by atoms with Gasteiger partial charge in [0.15, 0.2) is 5.96 Å². The molecule has 1 aliphatic rings. The Kier molecular flexibility index (Phi) is 8.13. The second-order valence-electron chi connectivity index (χ2n) is 6.21. The number of hydrogen-bond acceptors (Lipinski definition) is 4. The lowest BCUT2D eigenvalue weighted by atomic mass is 9.98. The molecule has 1 heterocycles. The lowest BCUT2D eigenvalue weighted by Gasteiger charge is -2.31. The van der Waals surface area contributed by atoms with Crippen LogP contribution in [-0.4, -0.2) is 82.3 Å². The largest absolute Gasteiger partial charge is 0.511 e. The average Bonchev–Trinajstić information content (AvgIpc) is 2.56. The Hall–Kier alpha value is -1.56. The summed E-state index contributed by atoms with van der Waals surface area (Å²) in [6.45, 7) is 0.551. The highest BCUT2D eigenvalue weighted by atomic mass is 32.2. The molecule has 1 saturated heterocycles. The normalized spacial score (nSPS) is 17.8. The van der Waals surface area contributed by atoms with Gasteiger partial charge in [0.1, 0.15) is 0 Å². The van der Waals surface area contributed by atoms with Crippen LogP contribution in [0.5, 0.6) is 0 Å². The van der Waals surface area contributed by atoms with Crippen LogP contribution in [0.2, 0.25) is 0 Å². The lowest BCUT2D eigenvalue weighted by Crippen LogP contribution is -2.47. The zero-order valence-electron chi connectivity index (χ0n) is 15.1. The van der Waals surface area contributed by atoms with Crippen LogP contribution in [0, 0.1) is 5.92 Å².